The van der Waals surface area contributed by atoms with Crippen LogP contribution in [-0.4, -0.2) is 45.4 Å². The molecule has 2 heterocycles. The number of hydrogen-bond donors (Lipinski definition) is 1. The molecule has 1 aromatic carbocycles. The highest BCUT2D eigenvalue weighted by atomic mass is 32.2. The summed E-state index contributed by atoms with van der Waals surface area (Å²) in [6, 6.07) is 6.88. The molecule has 154 valence electrons. The largest absolute Gasteiger partial charge is 0.389 e. The second kappa shape index (κ2) is 9.10. The fourth-order valence-electron chi connectivity index (χ4n) is 2.94. The van der Waals surface area contributed by atoms with E-state index in [-0.39, 0.29) is 22.2 Å². The van der Waals surface area contributed by atoms with Gasteiger partial charge in [0.05, 0.1) is 30.2 Å². The molecule has 1 amide bonds. The van der Waals surface area contributed by atoms with E-state index < -0.39 is 21.8 Å². The van der Waals surface area contributed by atoms with Crippen molar-refractivity contribution in [3.63, 3.8) is 0 Å². The maximum atomic E-state index is 13.2. The minimum absolute atomic E-state index is 0.0356. The first-order valence-corrected chi connectivity index (χ1v) is 11.4. The summed E-state index contributed by atoms with van der Waals surface area (Å²) in [7, 11) is -1.05. The van der Waals surface area contributed by atoms with Gasteiger partial charge >= 0.3 is 0 Å². The summed E-state index contributed by atoms with van der Waals surface area (Å²) in [5.74, 6) is -0.564. The number of anilines is 1. The van der Waals surface area contributed by atoms with Crippen molar-refractivity contribution in [3.05, 3.63) is 41.2 Å². The lowest BCUT2D eigenvalue weighted by atomic mass is 10.00. The Kier molecular flexibility index (Phi) is 6.31. The average Bonchev–Trinajstić information content (AvgIpc) is 3.33. The van der Waals surface area contributed by atoms with Crippen LogP contribution in [-0.2, 0) is 25.2 Å². The lowest BCUT2D eigenvalue weighted by Gasteiger charge is -2.24. The van der Waals surface area contributed by atoms with Crippen molar-refractivity contribution >= 4 is 38.9 Å². The number of aromatic nitrogens is 1. The molecule has 2 aliphatic rings. The molecule has 1 saturated carbocycles. The molecule has 4 rings (SSSR count). The standard InChI is InChI=1S/C19H20FN3O4S2/c20-16-10-21-19(28-16)22-18(24)17(23-27-13-8-9-26-11-13)12-4-6-15(7-5-12)29(25)14-2-1-3-14/h4-7,10,13-14H,1-3,8-9,11H2,(H,21,22,24)/b23-17+/t13-,29?/m1/s1. The Balaban J connectivity index is 1.54. The Bertz CT molecular complexity index is 922. The number of rotatable bonds is 7. The van der Waals surface area contributed by atoms with Crippen LogP contribution >= 0.6 is 11.3 Å². The number of nitrogens with one attached hydrogen (secondary N) is 1. The number of amides is 1. The zero-order valence-electron chi connectivity index (χ0n) is 15.5. The van der Waals surface area contributed by atoms with Gasteiger partial charge in [-0.1, -0.05) is 35.0 Å². The van der Waals surface area contributed by atoms with Gasteiger partial charge in [-0.15, -0.1) is 0 Å². The zero-order valence-corrected chi connectivity index (χ0v) is 17.1. The van der Waals surface area contributed by atoms with E-state index in [0.29, 0.717) is 25.2 Å². The first kappa shape index (κ1) is 20.1. The van der Waals surface area contributed by atoms with E-state index in [9.17, 15) is 13.4 Å². The summed E-state index contributed by atoms with van der Waals surface area (Å²) >= 11 is 0.725. The maximum Gasteiger partial charge on any atom is 0.280 e. The van der Waals surface area contributed by atoms with Crippen molar-refractivity contribution in [3.8, 4) is 0 Å². The van der Waals surface area contributed by atoms with Gasteiger partial charge in [-0.25, -0.2) is 4.98 Å². The van der Waals surface area contributed by atoms with Crippen LogP contribution in [0.5, 0.6) is 0 Å². The van der Waals surface area contributed by atoms with Crippen molar-refractivity contribution in [1.82, 2.24) is 4.98 Å². The molecular formula is C19H20FN3O4S2. The number of halogens is 1. The van der Waals surface area contributed by atoms with E-state index in [1.807, 2.05) is 0 Å². The number of ether oxygens (including phenoxy) is 1. The Morgan fingerprint density at radius 2 is 2.10 bits per heavy atom. The molecule has 1 aliphatic carbocycles. The van der Waals surface area contributed by atoms with E-state index in [1.165, 1.54) is 0 Å². The van der Waals surface area contributed by atoms with Crippen molar-refractivity contribution < 1.29 is 23.0 Å². The summed E-state index contributed by atoms with van der Waals surface area (Å²) in [6.45, 7) is 0.997. The van der Waals surface area contributed by atoms with Crippen molar-refractivity contribution in [2.24, 2.45) is 5.16 Å². The van der Waals surface area contributed by atoms with Crippen LogP contribution in [0.4, 0.5) is 9.52 Å². The van der Waals surface area contributed by atoms with Crippen LogP contribution in [0.15, 0.2) is 40.5 Å². The third-order valence-electron chi connectivity index (χ3n) is 4.81. The van der Waals surface area contributed by atoms with Gasteiger partial charge in [-0.2, -0.15) is 4.39 Å². The normalized spacial score (nSPS) is 20.9. The fraction of sp³-hybridized carbons (Fsp3) is 0.421. The van der Waals surface area contributed by atoms with Gasteiger partial charge in [0.1, 0.15) is 0 Å². The lowest BCUT2D eigenvalue weighted by molar-refractivity contribution is -0.110. The topological polar surface area (TPSA) is 89.9 Å². The molecule has 1 aliphatic heterocycles. The van der Waals surface area contributed by atoms with Crippen molar-refractivity contribution in [2.45, 2.75) is 41.9 Å². The summed E-state index contributed by atoms with van der Waals surface area (Å²) in [4.78, 5) is 22.7. The van der Waals surface area contributed by atoms with Crippen LogP contribution in [0.2, 0.25) is 0 Å². The third-order valence-corrected chi connectivity index (χ3v) is 7.32. The summed E-state index contributed by atoms with van der Waals surface area (Å²) < 4.78 is 30.9. The summed E-state index contributed by atoms with van der Waals surface area (Å²) in [5.41, 5.74) is 0.543. The molecular weight excluding hydrogens is 417 g/mol. The van der Waals surface area contributed by atoms with Crippen LogP contribution in [0, 0.1) is 5.13 Å². The number of nitrogens with zero attached hydrogens (tertiary/aromatic N) is 2. The molecule has 0 radical (unpaired) electrons. The Morgan fingerprint density at radius 3 is 2.69 bits per heavy atom. The highest BCUT2D eigenvalue weighted by Gasteiger charge is 2.26. The van der Waals surface area contributed by atoms with E-state index in [0.717, 1.165) is 41.7 Å². The number of hydrogen-bond acceptors (Lipinski definition) is 7. The molecule has 1 saturated heterocycles. The van der Waals surface area contributed by atoms with Crippen molar-refractivity contribution in [1.29, 1.82) is 0 Å². The van der Waals surface area contributed by atoms with Crippen molar-refractivity contribution in [2.75, 3.05) is 18.5 Å². The van der Waals surface area contributed by atoms with Crippen LogP contribution in [0.3, 0.4) is 0 Å². The Morgan fingerprint density at radius 1 is 1.31 bits per heavy atom. The second-order valence-electron chi connectivity index (χ2n) is 6.83. The van der Waals surface area contributed by atoms with Crippen LogP contribution < -0.4 is 5.32 Å². The van der Waals surface area contributed by atoms with E-state index >= 15 is 0 Å². The number of oxime groups is 1. The maximum absolute atomic E-state index is 13.2. The average molecular weight is 438 g/mol. The molecule has 0 bridgehead atoms. The number of thiazole rings is 1. The lowest BCUT2D eigenvalue weighted by Crippen LogP contribution is -2.25. The second-order valence-corrected chi connectivity index (χ2v) is 9.54. The number of carbonyl (C=O) groups excluding carboxylic acids is 1. The number of benzene rings is 1. The van der Waals surface area contributed by atoms with Gasteiger partial charge in [0.2, 0.25) is 0 Å². The Hall–Kier alpha value is -2.17. The highest BCUT2D eigenvalue weighted by Crippen LogP contribution is 2.28. The molecule has 2 aromatic rings. The molecule has 2 fully saturated rings. The zero-order chi connectivity index (χ0) is 20.2. The summed E-state index contributed by atoms with van der Waals surface area (Å²) in [6.07, 6.45) is 4.57. The molecule has 29 heavy (non-hydrogen) atoms. The van der Waals surface area contributed by atoms with Gasteiger partial charge in [-0.05, 0) is 25.0 Å². The van der Waals surface area contributed by atoms with E-state index in [2.05, 4.69) is 15.5 Å². The third kappa shape index (κ3) is 4.88. The smallest absolute Gasteiger partial charge is 0.280 e. The van der Waals surface area contributed by atoms with Gasteiger partial charge < -0.3 is 9.57 Å². The first-order valence-electron chi connectivity index (χ1n) is 9.35. The highest BCUT2D eigenvalue weighted by molar-refractivity contribution is 7.85. The predicted molar refractivity (Wildman–Crippen MR) is 108 cm³/mol. The van der Waals surface area contributed by atoms with Gasteiger partial charge in [0.15, 0.2) is 22.1 Å². The molecule has 7 nitrogen and oxygen atoms in total. The van der Waals surface area contributed by atoms with Gasteiger partial charge in [0.25, 0.3) is 5.91 Å². The van der Waals surface area contributed by atoms with Gasteiger partial charge in [0, 0.05) is 22.1 Å². The van der Waals surface area contributed by atoms with Gasteiger partial charge in [-0.3, -0.25) is 14.3 Å². The molecule has 1 unspecified atom stereocenters. The molecule has 1 N–H and O–H groups in total. The predicted octanol–water partition coefficient (Wildman–Crippen LogP) is 3.09. The fourth-order valence-corrected chi connectivity index (χ4v) is 5.03. The monoisotopic (exact) mass is 437 g/mol. The molecule has 2 atom stereocenters. The van der Waals surface area contributed by atoms with Crippen LogP contribution in [0.25, 0.3) is 0 Å². The summed E-state index contributed by atoms with van der Waals surface area (Å²) in [5, 5.41) is 6.43. The first-order chi connectivity index (χ1) is 14.1. The Labute approximate surface area is 173 Å². The molecule has 0 spiro atoms. The van der Waals surface area contributed by atoms with Crippen LogP contribution in [0.1, 0.15) is 31.2 Å². The molecule has 10 heteroatoms. The SMILES string of the molecule is O=C(Nc1ncc(F)s1)/C(=N/O[C@@H]1CCOC1)c1ccc(S(=O)C2CCC2)cc1. The number of carbonyl (C=O) groups is 1. The quantitative estimate of drug-likeness (QED) is 0.531. The minimum atomic E-state index is -1.05. The van der Waals surface area contributed by atoms with E-state index in [4.69, 9.17) is 9.57 Å². The molecule has 1 aromatic heterocycles. The minimum Gasteiger partial charge on any atom is -0.389 e. The van der Waals surface area contributed by atoms with E-state index in [1.54, 1.807) is 24.3 Å².